The van der Waals surface area contributed by atoms with Gasteiger partial charge >= 0.3 is 0 Å². The second kappa shape index (κ2) is 8.03. The topological polar surface area (TPSA) is 38.8 Å². The fourth-order valence-corrected chi connectivity index (χ4v) is 2.40. The molecule has 0 fully saturated rings. The Kier molecular flexibility index (Phi) is 5.80. The first-order valence-electron chi connectivity index (χ1n) is 7.36. The van der Waals surface area contributed by atoms with Gasteiger partial charge in [-0.3, -0.25) is 4.79 Å². The summed E-state index contributed by atoms with van der Waals surface area (Å²) in [6.07, 6.45) is 1.72. The summed E-state index contributed by atoms with van der Waals surface area (Å²) in [5, 5.41) is 0. The van der Waals surface area contributed by atoms with Gasteiger partial charge in [0.15, 0.2) is 11.5 Å². The van der Waals surface area contributed by atoms with Gasteiger partial charge in [-0.15, -0.1) is 6.58 Å². The monoisotopic (exact) mass is 311 g/mol. The standard InChI is InChI=1S/C19H21NO3/c1-4-13-20(14-15-9-6-5-7-10-15)19(21)16-11-8-12-17(22-2)18(16)23-3/h4-12H,1,13-14H2,2-3H3. The molecule has 0 bridgehead atoms. The number of para-hydroxylation sites is 1. The van der Waals surface area contributed by atoms with Gasteiger partial charge in [-0.05, 0) is 17.7 Å². The molecule has 0 heterocycles. The summed E-state index contributed by atoms with van der Waals surface area (Å²) in [4.78, 5) is 14.7. The maximum atomic E-state index is 12.9. The van der Waals surface area contributed by atoms with Crippen molar-refractivity contribution in [2.45, 2.75) is 6.54 Å². The Morgan fingerprint density at radius 3 is 2.43 bits per heavy atom. The van der Waals surface area contributed by atoms with Crippen molar-refractivity contribution >= 4 is 5.91 Å². The summed E-state index contributed by atoms with van der Waals surface area (Å²) in [6.45, 7) is 4.70. The lowest BCUT2D eigenvalue weighted by Gasteiger charge is -2.23. The molecule has 4 heteroatoms. The molecule has 0 unspecified atom stereocenters. The predicted octanol–water partition coefficient (Wildman–Crippen LogP) is 3.53. The average Bonchev–Trinajstić information content (AvgIpc) is 2.60. The average molecular weight is 311 g/mol. The smallest absolute Gasteiger partial charge is 0.258 e. The van der Waals surface area contributed by atoms with Crippen LogP contribution in [0.2, 0.25) is 0 Å². The lowest BCUT2D eigenvalue weighted by atomic mass is 10.1. The van der Waals surface area contributed by atoms with Gasteiger partial charge in [0.2, 0.25) is 0 Å². The minimum atomic E-state index is -0.121. The normalized spacial score (nSPS) is 10.0. The lowest BCUT2D eigenvalue weighted by Crippen LogP contribution is -2.31. The molecule has 0 aromatic heterocycles. The number of benzene rings is 2. The van der Waals surface area contributed by atoms with Crippen LogP contribution in [0.5, 0.6) is 11.5 Å². The van der Waals surface area contributed by atoms with Crippen LogP contribution in [0, 0.1) is 0 Å². The summed E-state index contributed by atoms with van der Waals surface area (Å²) in [5.41, 5.74) is 1.54. The molecule has 0 aliphatic carbocycles. The molecule has 1 amide bonds. The van der Waals surface area contributed by atoms with E-state index >= 15 is 0 Å². The van der Waals surface area contributed by atoms with Crippen molar-refractivity contribution in [3.05, 3.63) is 72.3 Å². The Morgan fingerprint density at radius 2 is 1.83 bits per heavy atom. The minimum Gasteiger partial charge on any atom is -0.493 e. The third kappa shape index (κ3) is 3.92. The molecule has 2 aromatic rings. The predicted molar refractivity (Wildman–Crippen MR) is 90.9 cm³/mol. The van der Waals surface area contributed by atoms with Crippen LogP contribution in [0.1, 0.15) is 15.9 Å². The highest BCUT2D eigenvalue weighted by Gasteiger charge is 2.21. The van der Waals surface area contributed by atoms with E-state index in [-0.39, 0.29) is 5.91 Å². The number of ether oxygens (including phenoxy) is 2. The van der Waals surface area contributed by atoms with Gasteiger partial charge in [0.25, 0.3) is 5.91 Å². The van der Waals surface area contributed by atoms with Crippen molar-refractivity contribution in [3.63, 3.8) is 0 Å². The number of hydrogen-bond donors (Lipinski definition) is 0. The van der Waals surface area contributed by atoms with Gasteiger partial charge in [-0.25, -0.2) is 0 Å². The molecule has 0 radical (unpaired) electrons. The minimum absolute atomic E-state index is 0.121. The Bertz CT molecular complexity index is 668. The molecule has 2 rings (SSSR count). The molecule has 0 aliphatic heterocycles. The van der Waals surface area contributed by atoms with Crippen LogP contribution in [-0.2, 0) is 6.54 Å². The number of nitrogens with zero attached hydrogens (tertiary/aromatic N) is 1. The van der Waals surface area contributed by atoms with E-state index in [0.29, 0.717) is 30.2 Å². The van der Waals surface area contributed by atoms with E-state index in [4.69, 9.17) is 9.47 Å². The van der Waals surface area contributed by atoms with E-state index in [1.54, 1.807) is 36.3 Å². The van der Waals surface area contributed by atoms with Crippen molar-refractivity contribution in [1.82, 2.24) is 4.90 Å². The first kappa shape index (κ1) is 16.6. The first-order valence-corrected chi connectivity index (χ1v) is 7.36. The molecule has 2 aromatic carbocycles. The number of rotatable bonds is 7. The Labute approximate surface area is 137 Å². The van der Waals surface area contributed by atoms with E-state index < -0.39 is 0 Å². The van der Waals surface area contributed by atoms with Crippen molar-refractivity contribution in [2.75, 3.05) is 20.8 Å². The molecule has 0 aliphatic rings. The van der Waals surface area contributed by atoms with Crippen molar-refractivity contribution in [2.24, 2.45) is 0 Å². The fourth-order valence-electron chi connectivity index (χ4n) is 2.40. The van der Waals surface area contributed by atoms with Gasteiger partial charge < -0.3 is 14.4 Å². The van der Waals surface area contributed by atoms with E-state index in [1.807, 2.05) is 30.3 Å². The van der Waals surface area contributed by atoms with Crippen LogP contribution >= 0.6 is 0 Å². The van der Waals surface area contributed by atoms with Crippen LogP contribution in [-0.4, -0.2) is 31.6 Å². The van der Waals surface area contributed by atoms with Crippen LogP contribution in [0.25, 0.3) is 0 Å². The second-order valence-corrected chi connectivity index (χ2v) is 5.00. The van der Waals surface area contributed by atoms with Gasteiger partial charge in [-0.1, -0.05) is 42.5 Å². The third-order valence-electron chi connectivity index (χ3n) is 3.49. The van der Waals surface area contributed by atoms with Crippen LogP contribution in [0.15, 0.2) is 61.2 Å². The summed E-state index contributed by atoms with van der Waals surface area (Å²) in [6, 6.07) is 15.1. The zero-order valence-electron chi connectivity index (χ0n) is 13.5. The van der Waals surface area contributed by atoms with Crippen molar-refractivity contribution in [1.29, 1.82) is 0 Å². The molecule has 120 valence electrons. The van der Waals surface area contributed by atoms with Crippen LogP contribution in [0.4, 0.5) is 0 Å². The Morgan fingerprint density at radius 1 is 1.09 bits per heavy atom. The maximum absolute atomic E-state index is 12.9. The zero-order chi connectivity index (χ0) is 16.7. The summed E-state index contributed by atoms with van der Waals surface area (Å²) in [7, 11) is 3.08. The largest absolute Gasteiger partial charge is 0.493 e. The molecule has 0 saturated carbocycles. The number of carbonyl (C=O) groups is 1. The Hall–Kier alpha value is -2.75. The summed E-state index contributed by atoms with van der Waals surface area (Å²) in [5.74, 6) is 0.864. The van der Waals surface area contributed by atoms with Crippen LogP contribution < -0.4 is 9.47 Å². The number of amides is 1. The second-order valence-electron chi connectivity index (χ2n) is 5.00. The number of hydrogen-bond acceptors (Lipinski definition) is 3. The lowest BCUT2D eigenvalue weighted by molar-refractivity contribution is 0.0758. The molecule has 0 N–H and O–H groups in total. The number of carbonyl (C=O) groups excluding carboxylic acids is 1. The molecule has 0 atom stereocenters. The molecule has 23 heavy (non-hydrogen) atoms. The highest BCUT2D eigenvalue weighted by Crippen LogP contribution is 2.31. The highest BCUT2D eigenvalue weighted by molar-refractivity contribution is 5.97. The van der Waals surface area contributed by atoms with Crippen LogP contribution in [0.3, 0.4) is 0 Å². The van der Waals surface area contributed by atoms with Crippen molar-refractivity contribution in [3.8, 4) is 11.5 Å². The number of methoxy groups -OCH3 is 2. The van der Waals surface area contributed by atoms with E-state index in [9.17, 15) is 4.79 Å². The van der Waals surface area contributed by atoms with E-state index in [1.165, 1.54) is 7.11 Å². The molecule has 4 nitrogen and oxygen atoms in total. The van der Waals surface area contributed by atoms with Gasteiger partial charge in [0, 0.05) is 13.1 Å². The summed E-state index contributed by atoms with van der Waals surface area (Å²) < 4.78 is 10.6. The SMILES string of the molecule is C=CCN(Cc1ccccc1)C(=O)c1cccc(OC)c1OC. The van der Waals surface area contributed by atoms with E-state index in [0.717, 1.165) is 5.56 Å². The van der Waals surface area contributed by atoms with Gasteiger partial charge in [0.05, 0.1) is 19.8 Å². The maximum Gasteiger partial charge on any atom is 0.258 e. The van der Waals surface area contributed by atoms with Gasteiger partial charge in [-0.2, -0.15) is 0 Å². The van der Waals surface area contributed by atoms with Gasteiger partial charge in [0.1, 0.15) is 0 Å². The quantitative estimate of drug-likeness (QED) is 0.734. The molecular formula is C19H21NO3. The Balaban J connectivity index is 2.33. The van der Waals surface area contributed by atoms with E-state index in [2.05, 4.69) is 6.58 Å². The third-order valence-corrected chi connectivity index (χ3v) is 3.49. The zero-order valence-corrected chi connectivity index (χ0v) is 13.5. The molecule has 0 spiro atoms. The van der Waals surface area contributed by atoms with Crippen molar-refractivity contribution < 1.29 is 14.3 Å². The molecule has 0 saturated heterocycles. The fraction of sp³-hybridized carbons (Fsp3) is 0.211. The first-order chi connectivity index (χ1) is 11.2. The summed E-state index contributed by atoms with van der Waals surface area (Å²) >= 11 is 0. The molecular weight excluding hydrogens is 290 g/mol. The highest BCUT2D eigenvalue weighted by atomic mass is 16.5.